The maximum Gasteiger partial charge on any atom is 0.257 e. The molecular formula is C21H23Cl2N3O4S. The van der Waals surface area contributed by atoms with Crippen LogP contribution in [0.15, 0.2) is 41.3 Å². The Bertz CT molecular complexity index is 1080. The summed E-state index contributed by atoms with van der Waals surface area (Å²) < 4.78 is 33.1. The highest BCUT2D eigenvalue weighted by Crippen LogP contribution is 2.31. The lowest BCUT2D eigenvalue weighted by atomic mass is 10.1. The molecule has 0 unspecified atom stereocenters. The number of rotatable bonds is 7. The normalized spacial score (nSPS) is 17.5. The van der Waals surface area contributed by atoms with Gasteiger partial charge in [-0.25, -0.2) is 13.1 Å². The van der Waals surface area contributed by atoms with Crippen LogP contribution in [0.4, 0.5) is 5.69 Å². The fourth-order valence-electron chi connectivity index (χ4n) is 3.36. The van der Waals surface area contributed by atoms with E-state index in [4.69, 9.17) is 27.9 Å². The third kappa shape index (κ3) is 5.77. The zero-order valence-electron chi connectivity index (χ0n) is 16.7. The minimum Gasteiger partial charge on any atom is -0.379 e. The third-order valence-electron chi connectivity index (χ3n) is 5.15. The molecule has 4 rings (SSSR count). The molecule has 1 aliphatic carbocycles. The van der Waals surface area contributed by atoms with Gasteiger partial charge >= 0.3 is 0 Å². The Labute approximate surface area is 191 Å². The minimum atomic E-state index is -3.83. The molecule has 0 atom stereocenters. The molecule has 1 saturated carbocycles. The molecule has 1 saturated heterocycles. The molecule has 2 N–H and O–H groups in total. The van der Waals surface area contributed by atoms with Gasteiger partial charge in [-0.15, -0.1) is 0 Å². The molecule has 0 bridgehead atoms. The van der Waals surface area contributed by atoms with Gasteiger partial charge in [0.2, 0.25) is 10.0 Å². The number of amides is 1. The number of morpholine rings is 1. The molecule has 0 radical (unpaired) electrons. The number of carbonyl (C=O) groups is 1. The van der Waals surface area contributed by atoms with Crippen LogP contribution < -0.4 is 10.0 Å². The molecule has 10 heteroatoms. The average Bonchev–Trinajstić information content (AvgIpc) is 3.52. The number of ether oxygens (including phenoxy) is 1. The van der Waals surface area contributed by atoms with Gasteiger partial charge in [0.25, 0.3) is 5.91 Å². The molecule has 2 aromatic rings. The fourth-order valence-corrected chi connectivity index (χ4v) is 5.52. The number of hydrogen-bond donors (Lipinski definition) is 2. The molecule has 7 nitrogen and oxygen atoms in total. The van der Waals surface area contributed by atoms with Crippen LogP contribution in [0.25, 0.3) is 0 Å². The molecule has 0 spiro atoms. The van der Waals surface area contributed by atoms with E-state index < -0.39 is 15.9 Å². The van der Waals surface area contributed by atoms with Crippen molar-refractivity contribution in [3.05, 3.63) is 57.6 Å². The van der Waals surface area contributed by atoms with E-state index in [1.54, 1.807) is 6.07 Å². The second-order valence-corrected chi connectivity index (χ2v) is 10.2. The maximum absolute atomic E-state index is 12.9. The summed E-state index contributed by atoms with van der Waals surface area (Å²) in [6, 6.07) is 9.96. The molecule has 2 fully saturated rings. The zero-order chi connectivity index (χ0) is 22.0. The average molecular weight is 484 g/mol. The van der Waals surface area contributed by atoms with Crippen LogP contribution in [0.3, 0.4) is 0 Å². The predicted molar refractivity (Wildman–Crippen MR) is 120 cm³/mol. The van der Waals surface area contributed by atoms with Crippen molar-refractivity contribution in [1.29, 1.82) is 0 Å². The second-order valence-electron chi connectivity index (χ2n) is 7.70. The SMILES string of the molecule is O=C(Nc1cccc(CN2CCOCC2)c1)c1cc(S(=O)(=O)NC2CC2)c(Cl)cc1Cl. The van der Waals surface area contributed by atoms with Gasteiger partial charge < -0.3 is 10.1 Å². The quantitative estimate of drug-likeness (QED) is 0.628. The highest BCUT2D eigenvalue weighted by atomic mass is 35.5. The van der Waals surface area contributed by atoms with Gasteiger partial charge in [0.05, 0.1) is 28.8 Å². The Morgan fingerprint density at radius 2 is 1.84 bits per heavy atom. The van der Waals surface area contributed by atoms with Crippen LogP contribution in [-0.4, -0.2) is 51.6 Å². The number of nitrogens with one attached hydrogen (secondary N) is 2. The van der Waals surface area contributed by atoms with Crippen molar-refractivity contribution in [1.82, 2.24) is 9.62 Å². The number of halogens is 2. The number of sulfonamides is 1. The first kappa shape index (κ1) is 22.5. The Morgan fingerprint density at radius 3 is 2.55 bits per heavy atom. The topological polar surface area (TPSA) is 87.7 Å². The lowest BCUT2D eigenvalue weighted by molar-refractivity contribution is 0.0342. The van der Waals surface area contributed by atoms with E-state index in [-0.39, 0.29) is 26.5 Å². The van der Waals surface area contributed by atoms with Gasteiger partial charge in [-0.3, -0.25) is 9.69 Å². The monoisotopic (exact) mass is 483 g/mol. The lowest BCUT2D eigenvalue weighted by Crippen LogP contribution is -2.35. The largest absolute Gasteiger partial charge is 0.379 e. The molecule has 166 valence electrons. The Morgan fingerprint density at radius 1 is 1.10 bits per heavy atom. The Kier molecular flexibility index (Phi) is 6.86. The summed E-state index contributed by atoms with van der Waals surface area (Å²) in [6.07, 6.45) is 1.58. The van der Waals surface area contributed by atoms with Gasteiger partial charge in [0.1, 0.15) is 4.90 Å². The first-order chi connectivity index (χ1) is 14.8. The van der Waals surface area contributed by atoms with Crippen LogP contribution in [0, 0.1) is 0 Å². The van der Waals surface area contributed by atoms with Crippen molar-refractivity contribution in [2.45, 2.75) is 30.3 Å². The number of anilines is 1. The maximum atomic E-state index is 12.9. The third-order valence-corrected chi connectivity index (χ3v) is 7.45. The zero-order valence-corrected chi connectivity index (χ0v) is 19.1. The van der Waals surface area contributed by atoms with Gasteiger partial charge in [0.15, 0.2) is 0 Å². The van der Waals surface area contributed by atoms with E-state index in [0.717, 1.165) is 38.0 Å². The summed E-state index contributed by atoms with van der Waals surface area (Å²) in [7, 11) is -3.83. The highest BCUT2D eigenvalue weighted by molar-refractivity contribution is 7.89. The van der Waals surface area contributed by atoms with Crippen LogP contribution >= 0.6 is 23.2 Å². The standard InChI is InChI=1S/C21H23Cl2N3O4S/c22-18-12-19(23)20(31(28,29)25-15-4-5-15)11-17(18)21(27)24-16-3-1-2-14(10-16)13-26-6-8-30-9-7-26/h1-3,10-12,15,25H,4-9,13H2,(H,24,27). The number of nitrogens with zero attached hydrogens (tertiary/aromatic N) is 1. The van der Waals surface area contributed by atoms with Crippen molar-refractivity contribution < 1.29 is 17.9 Å². The first-order valence-corrected chi connectivity index (χ1v) is 12.3. The first-order valence-electron chi connectivity index (χ1n) is 10.0. The van der Waals surface area contributed by atoms with Crippen molar-refractivity contribution >= 4 is 44.8 Å². The molecule has 1 heterocycles. The summed E-state index contributed by atoms with van der Waals surface area (Å²) in [5.41, 5.74) is 1.70. The van der Waals surface area contributed by atoms with E-state index in [1.807, 2.05) is 18.2 Å². The molecule has 1 amide bonds. The predicted octanol–water partition coefficient (Wildman–Crippen LogP) is 3.52. The molecular weight excluding hydrogens is 461 g/mol. The van der Waals surface area contributed by atoms with Crippen LogP contribution in [0.5, 0.6) is 0 Å². The minimum absolute atomic E-state index is 0.0257. The fraction of sp³-hybridized carbons (Fsp3) is 0.381. The summed E-state index contributed by atoms with van der Waals surface area (Å²) in [4.78, 5) is 15.0. The molecule has 1 aliphatic heterocycles. The molecule has 31 heavy (non-hydrogen) atoms. The van der Waals surface area contributed by atoms with Crippen LogP contribution in [0.1, 0.15) is 28.8 Å². The summed E-state index contributed by atoms with van der Waals surface area (Å²) >= 11 is 12.3. The summed E-state index contributed by atoms with van der Waals surface area (Å²) in [5.74, 6) is -0.506. The lowest BCUT2D eigenvalue weighted by Gasteiger charge is -2.26. The van der Waals surface area contributed by atoms with E-state index in [1.165, 1.54) is 12.1 Å². The van der Waals surface area contributed by atoms with Crippen molar-refractivity contribution in [3.8, 4) is 0 Å². The van der Waals surface area contributed by atoms with E-state index in [9.17, 15) is 13.2 Å². The highest BCUT2D eigenvalue weighted by Gasteiger charge is 2.30. The summed E-state index contributed by atoms with van der Waals surface area (Å²) in [6.45, 7) is 3.91. The van der Waals surface area contributed by atoms with Crippen molar-refractivity contribution in [2.75, 3.05) is 31.6 Å². The van der Waals surface area contributed by atoms with Crippen molar-refractivity contribution in [3.63, 3.8) is 0 Å². The van der Waals surface area contributed by atoms with E-state index >= 15 is 0 Å². The summed E-state index contributed by atoms with van der Waals surface area (Å²) in [5, 5.41) is 2.86. The molecule has 0 aromatic heterocycles. The van der Waals surface area contributed by atoms with Gasteiger partial charge in [-0.05, 0) is 42.7 Å². The Hall–Kier alpha value is -1.68. The Balaban J connectivity index is 1.52. The molecule has 2 aromatic carbocycles. The van der Waals surface area contributed by atoms with E-state index in [2.05, 4.69) is 14.9 Å². The molecule has 2 aliphatic rings. The van der Waals surface area contributed by atoms with Crippen LogP contribution in [0.2, 0.25) is 10.0 Å². The van der Waals surface area contributed by atoms with Gasteiger partial charge in [0, 0.05) is 31.4 Å². The van der Waals surface area contributed by atoms with Crippen molar-refractivity contribution in [2.24, 2.45) is 0 Å². The van der Waals surface area contributed by atoms with Gasteiger partial charge in [-0.2, -0.15) is 0 Å². The number of hydrogen-bond acceptors (Lipinski definition) is 5. The number of carbonyl (C=O) groups excluding carboxylic acids is 1. The van der Waals surface area contributed by atoms with Crippen LogP contribution in [-0.2, 0) is 21.3 Å². The number of benzene rings is 2. The second kappa shape index (κ2) is 9.44. The van der Waals surface area contributed by atoms with E-state index in [0.29, 0.717) is 18.9 Å². The van der Waals surface area contributed by atoms with Gasteiger partial charge in [-0.1, -0.05) is 35.3 Å². The smallest absolute Gasteiger partial charge is 0.257 e.